The molecule has 4 nitrogen and oxygen atoms in total. The van der Waals surface area contributed by atoms with Gasteiger partial charge < -0.3 is 10.2 Å². The molecule has 118 valence electrons. The Hall–Kier alpha value is -1.13. The highest BCUT2D eigenvalue weighted by Crippen LogP contribution is 2.13. The quantitative estimate of drug-likeness (QED) is 0.745. The lowest BCUT2D eigenvalue weighted by Crippen LogP contribution is -2.46. The normalized spacial score (nSPS) is 17.9. The van der Waals surface area contributed by atoms with Gasteiger partial charge in [-0.25, -0.2) is 4.98 Å². The lowest BCUT2D eigenvalue weighted by atomic mass is 10.1. The van der Waals surface area contributed by atoms with Crippen molar-refractivity contribution in [2.24, 2.45) is 0 Å². The molecular formula is C17H30N4. The fourth-order valence-electron chi connectivity index (χ4n) is 2.98. The zero-order chi connectivity index (χ0) is 14.9. The van der Waals surface area contributed by atoms with Crippen molar-refractivity contribution in [3.05, 3.63) is 24.4 Å². The highest BCUT2D eigenvalue weighted by atomic mass is 15.3. The van der Waals surface area contributed by atoms with E-state index in [0.717, 1.165) is 25.5 Å². The molecule has 2 rings (SSSR count). The van der Waals surface area contributed by atoms with E-state index < -0.39 is 0 Å². The Kier molecular flexibility index (Phi) is 6.96. The van der Waals surface area contributed by atoms with Crippen molar-refractivity contribution in [1.29, 1.82) is 0 Å². The Morgan fingerprint density at radius 3 is 2.67 bits per heavy atom. The van der Waals surface area contributed by atoms with Gasteiger partial charge in [0.15, 0.2) is 0 Å². The van der Waals surface area contributed by atoms with Gasteiger partial charge in [-0.15, -0.1) is 0 Å². The molecule has 1 aliphatic rings. The third-order valence-electron chi connectivity index (χ3n) is 4.26. The minimum absolute atomic E-state index is 0.663. The summed E-state index contributed by atoms with van der Waals surface area (Å²) in [4.78, 5) is 9.43. The number of nitrogens with zero attached hydrogens (tertiary/aromatic N) is 3. The van der Waals surface area contributed by atoms with Gasteiger partial charge in [-0.3, -0.25) is 4.90 Å². The van der Waals surface area contributed by atoms with Crippen LogP contribution in [0, 0.1) is 0 Å². The van der Waals surface area contributed by atoms with Gasteiger partial charge >= 0.3 is 0 Å². The second-order valence-electron chi connectivity index (χ2n) is 5.97. The average Bonchev–Trinajstić information content (AvgIpc) is 2.53. The number of hydrogen-bond donors (Lipinski definition) is 1. The van der Waals surface area contributed by atoms with Crippen molar-refractivity contribution < 1.29 is 0 Å². The van der Waals surface area contributed by atoms with Crippen LogP contribution < -0.4 is 10.2 Å². The maximum atomic E-state index is 4.44. The molecule has 0 saturated carbocycles. The summed E-state index contributed by atoms with van der Waals surface area (Å²) in [6, 6.07) is 6.82. The van der Waals surface area contributed by atoms with E-state index in [-0.39, 0.29) is 0 Å². The summed E-state index contributed by atoms with van der Waals surface area (Å²) in [5, 5.41) is 3.48. The van der Waals surface area contributed by atoms with Crippen LogP contribution in [0.3, 0.4) is 0 Å². The summed E-state index contributed by atoms with van der Waals surface area (Å²) in [5.41, 5.74) is 0. The molecule has 21 heavy (non-hydrogen) atoms. The van der Waals surface area contributed by atoms with Crippen LogP contribution in [-0.2, 0) is 0 Å². The molecule has 1 aromatic heterocycles. The van der Waals surface area contributed by atoms with Gasteiger partial charge in [-0.05, 0) is 45.0 Å². The average molecular weight is 290 g/mol. The Bertz CT molecular complexity index is 374. The van der Waals surface area contributed by atoms with E-state index >= 15 is 0 Å². The van der Waals surface area contributed by atoms with Crippen LogP contribution in [0.5, 0.6) is 0 Å². The first kappa shape index (κ1) is 16.2. The fourth-order valence-corrected chi connectivity index (χ4v) is 2.98. The highest BCUT2D eigenvalue weighted by Gasteiger charge is 2.17. The van der Waals surface area contributed by atoms with Crippen LogP contribution in [0.2, 0.25) is 0 Å². The SMILES string of the molecule is CCNC(C)CCCCN1CCN(c2ccccn2)CC1. The van der Waals surface area contributed by atoms with Gasteiger partial charge in [0, 0.05) is 38.4 Å². The molecule has 0 aliphatic carbocycles. The van der Waals surface area contributed by atoms with Crippen LogP contribution in [0.15, 0.2) is 24.4 Å². The molecule has 4 heteroatoms. The van der Waals surface area contributed by atoms with Crippen molar-refractivity contribution in [2.75, 3.05) is 44.2 Å². The number of anilines is 1. The second-order valence-corrected chi connectivity index (χ2v) is 5.97. The summed E-state index contributed by atoms with van der Waals surface area (Å²) < 4.78 is 0. The van der Waals surface area contributed by atoms with Crippen molar-refractivity contribution in [1.82, 2.24) is 15.2 Å². The fraction of sp³-hybridized carbons (Fsp3) is 0.706. The Labute approximate surface area is 129 Å². The van der Waals surface area contributed by atoms with E-state index in [4.69, 9.17) is 0 Å². The first-order valence-corrected chi connectivity index (χ1v) is 8.41. The molecule has 1 aromatic rings. The molecule has 0 bridgehead atoms. The number of hydrogen-bond acceptors (Lipinski definition) is 4. The van der Waals surface area contributed by atoms with Crippen LogP contribution in [0.4, 0.5) is 5.82 Å². The number of rotatable bonds is 8. The summed E-state index contributed by atoms with van der Waals surface area (Å²) in [7, 11) is 0. The van der Waals surface area contributed by atoms with Crippen LogP contribution >= 0.6 is 0 Å². The van der Waals surface area contributed by atoms with Crippen molar-refractivity contribution in [3.8, 4) is 0 Å². The third-order valence-corrected chi connectivity index (χ3v) is 4.26. The largest absolute Gasteiger partial charge is 0.354 e. The molecule has 0 aromatic carbocycles. The maximum Gasteiger partial charge on any atom is 0.128 e. The van der Waals surface area contributed by atoms with Crippen LogP contribution in [-0.4, -0.2) is 55.2 Å². The summed E-state index contributed by atoms with van der Waals surface area (Å²) in [5.74, 6) is 1.12. The molecule has 1 atom stereocenters. The Morgan fingerprint density at radius 1 is 1.19 bits per heavy atom. The maximum absolute atomic E-state index is 4.44. The minimum Gasteiger partial charge on any atom is -0.354 e. The first-order valence-electron chi connectivity index (χ1n) is 8.41. The predicted molar refractivity (Wildman–Crippen MR) is 89.9 cm³/mol. The lowest BCUT2D eigenvalue weighted by molar-refractivity contribution is 0.250. The molecule has 0 amide bonds. The van der Waals surface area contributed by atoms with Gasteiger partial charge in [0.1, 0.15) is 5.82 Å². The van der Waals surface area contributed by atoms with E-state index in [1.807, 2.05) is 12.3 Å². The van der Waals surface area contributed by atoms with E-state index in [0.29, 0.717) is 6.04 Å². The topological polar surface area (TPSA) is 31.4 Å². The van der Waals surface area contributed by atoms with Crippen LogP contribution in [0.25, 0.3) is 0 Å². The van der Waals surface area contributed by atoms with Gasteiger partial charge in [-0.2, -0.15) is 0 Å². The van der Waals surface area contributed by atoms with Gasteiger partial charge in [-0.1, -0.05) is 19.4 Å². The van der Waals surface area contributed by atoms with Crippen molar-refractivity contribution in [2.45, 2.75) is 39.2 Å². The number of aromatic nitrogens is 1. The number of pyridine rings is 1. The molecule has 1 N–H and O–H groups in total. The monoisotopic (exact) mass is 290 g/mol. The molecule has 1 unspecified atom stereocenters. The molecule has 1 aliphatic heterocycles. The number of nitrogens with one attached hydrogen (secondary N) is 1. The molecule has 2 heterocycles. The summed E-state index contributed by atoms with van der Waals surface area (Å²) in [6.07, 6.45) is 5.82. The van der Waals surface area contributed by atoms with Crippen LogP contribution in [0.1, 0.15) is 33.1 Å². The summed E-state index contributed by atoms with van der Waals surface area (Å²) >= 11 is 0. The van der Waals surface area contributed by atoms with Gasteiger partial charge in [0.25, 0.3) is 0 Å². The lowest BCUT2D eigenvalue weighted by Gasteiger charge is -2.35. The minimum atomic E-state index is 0.663. The van der Waals surface area contributed by atoms with Gasteiger partial charge in [0.05, 0.1) is 0 Å². The number of unbranched alkanes of at least 4 members (excludes halogenated alkanes) is 1. The van der Waals surface area contributed by atoms with E-state index in [1.165, 1.54) is 38.9 Å². The Balaban J connectivity index is 1.59. The zero-order valence-corrected chi connectivity index (χ0v) is 13.6. The molecular weight excluding hydrogens is 260 g/mol. The van der Waals surface area contributed by atoms with E-state index in [9.17, 15) is 0 Å². The molecule has 1 saturated heterocycles. The van der Waals surface area contributed by atoms with E-state index in [1.54, 1.807) is 0 Å². The zero-order valence-electron chi connectivity index (χ0n) is 13.6. The molecule has 1 fully saturated rings. The first-order chi connectivity index (χ1) is 10.3. The van der Waals surface area contributed by atoms with Crippen molar-refractivity contribution >= 4 is 5.82 Å². The number of piperazine rings is 1. The summed E-state index contributed by atoms with van der Waals surface area (Å²) in [6.45, 7) is 11.3. The predicted octanol–water partition coefficient (Wildman–Crippen LogP) is 2.37. The second kappa shape index (κ2) is 9.00. The Morgan fingerprint density at radius 2 is 2.00 bits per heavy atom. The van der Waals surface area contributed by atoms with E-state index in [2.05, 4.69) is 46.1 Å². The highest BCUT2D eigenvalue weighted by molar-refractivity contribution is 5.38. The third kappa shape index (κ3) is 5.64. The molecule has 0 radical (unpaired) electrons. The smallest absolute Gasteiger partial charge is 0.128 e. The van der Waals surface area contributed by atoms with Gasteiger partial charge in [0.2, 0.25) is 0 Å². The standard InChI is InChI=1S/C17H30N4/c1-3-18-16(2)8-5-7-11-20-12-14-21(15-13-20)17-9-4-6-10-19-17/h4,6,9-10,16,18H,3,5,7-8,11-15H2,1-2H3. The molecule has 0 spiro atoms. The van der Waals surface area contributed by atoms with Crippen molar-refractivity contribution in [3.63, 3.8) is 0 Å².